The van der Waals surface area contributed by atoms with Crippen LogP contribution in [-0.2, 0) is 35.3 Å². The Morgan fingerprint density at radius 2 is 1.24 bits per heavy atom. The maximum atomic E-state index is 11.3. The normalized spacial score (nSPS) is 12.5. The number of nitrogens with two attached hydrogens (primary N) is 1. The molecule has 1 amide bonds. The Morgan fingerprint density at radius 3 is 1.71 bits per heavy atom. The van der Waals surface area contributed by atoms with E-state index in [1.54, 1.807) is 18.7 Å². The Bertz CT molecular complexity index is 1960. The van der Waals surface area contributed by atoms with Gasteiger partial charge in [-0.15, -0.1) is 0 Å². The molecule has 1 aliphatic heterocycles. The van der Waals surface area contributed by atoms with E-state index in [0.29, 0.717) is 64.7 Å². The second kappa shape index (κ2) is 25.2. The molecule has 2 atom stereocenters. The number of anilines is 5. The number of aldehydes is 1. The molecule has 1 heterocycles. The SMILES string of the molecule is CC(C=O)NC(=O)C(N)C(C)C.CNc1ccc(CN2c3ccc(N(CCCC(=O)O)CCCC(=O)O)cc3Sc3c2ccc(N(CCCC(=O)O)CCCC(=O)O)c3C)cc1. The summed E-state index contributed by atoms with van der Waals surface area (Å²) < 4.78 is 0. The highest BCUT2D eigenvalue weighted by Crippen LogP contribution is 2.52. The van der Waals surface area contributed by atoms with E-state index < -0.39 is 36.0 Å². The number of carbonyl (C=O) groups excluding carboxylic acids is 2. The van der Waals surface area contributed by atoms with E-state index in [1.807, 2.05) is 52.1 Å². The second-order valence-corrected chi connectivity index (χ2v) is 16.6. The maximum Gasteiger partial charge on any atom is 0.303 e. The molecule has 0 fully saturated rings. The van der Waals surface area contributed by atoms with Gasteiger partial charge in [0.05, 0.1) is 23.5 Å². The van der Waals surface area contributed by atoms with Gasteiger partial charge in [-0.3, -0.25) is 24.0 Å². The summed E-state index contributed by atoms with van der Waals surface area (Å²) in [6.07, 6.45) is 2.42. The highest BCUT2D eigenvalue weighted by molar-refractivity contribution is 7.99. The number of benzene rings is 3. The van der Waals surface area contributed by atoms with Crippen LogP contribution < -0.4 is 31.1 Å². The first-order valence-corrected chi connectivity index (χ1v) is 21.6. The van der Waals surface area contributed by atoms with Crippen LogP contribution in [-0.4, -0.2) is 102 Å². The third-order valence-electron chi connectivity index (χ3n) is 10.3. The summed E-state index contributed by atoms with van der Waals surface area (Å²) in [6, 6.07) is 17.5. The van der Waals surface area contributed by atoms with Crippen molar-refractivity contribution in [3.63, 3.8) is 0 Å². The van der Waals surface area contributed by atoms with Gasteiger partial charge in [-0.25, -0.2) is 0 Å². The van der Waals surface area contributed by atoms with Crippen molar-refractivity contribution in [2.75, 3.05) is 53.2 Å². The van der Waals surface area contributed by atoms with Gasteiger partial charge in [0.25, 0.3) is 0 Å². The van der Waals surface area contributed by atoms with E-state index in [1.165, 1.54) is 0 Å². The van der Waals surface area contributed by atoms with Crippen LogP contribution in [0.3, 0.4) is 0 Å². The van der Waals surface area contributed by atoms with Crippen LogP contribution in [0, 0.1) is 12.8 Å². The van der Waals surface area contributed by atoms with Crippen molar-refractivity contribution in [1.82, 2.24) is 5.32 Å². The van der Waals surface area contributed by atoms with Crippen LogP contribution in [0.2, 0.25) is 0 Å². The Labute approximate surface area is 367 Å². The highest BCUT2D eigenvalue weighted by Gasteiger charge is 2.28. The van der Waals surface area contributed by atoms with Crippen molar-refractivity contribution in [2.45, 2.75) is 107 Å². The lowest BCUT2D eigenvalue weighted by molar-refractivity contribution is -0.138. The van der Waals surface area contributed by atoms with Gasteiger partial charge in [-0.1, -0.05) is 37.7 Å². The minimum Gasteiger partial charge on any atom is -0.481 e. The van der Waals surface area contributed by atoms with Gasteiger partial charge in [0.15, 0.2) is 0 Å². The molecule has 62 heavy (non-hydrogen) atoms. The molecule has 3 aromatic carbocycles. The topological polar surface area (TPSA) is 243 Å². The van der Waals surface area contributed by atoms with Gasteiger partial charge in [0.2, 0.25) is 5.91 Å². The second-order valence-electron chi connectivity index (χ2n) is 15.5. The van der Waals surface area contributed by atoms with E-state index >= 15 is 0 Å². The van der Waals surface area contributed by atoms with E-state index in [4.69, 9.17) is 5.73 Å². The van der Waals surface area contributed by atoms with Crippen molar-refractivity contribution in [1.29, 1.82) is 0 Å². The summed E-state index contributed by atoms with van der Waals surface area (Å²) in [5.74, 6) is -3.69. The third kappa shape index (κ3) is 15.9. The number of nitrogens with one attached hydrogen (secondary N) is 2. The smallest absolute Gasteiger partial charge is 0.303 e. The quantitative estimate of drug-likeness (QED) is 0.0444. The Hall–Kier alpha value is -5.81. The number of hydrogen-bond acceptors (Lipinski definition) is 12. The third-order valence-corrected chi connectivity index (χ3v) is 11.5. The number of carbonyl (C=O) groups is 6. The van der Waals surface area contributed by atoms with Crippen LogP contribution in [0.5, 0.6) is 0 Å². The maximum absolute atomic E-state index is 11.3. The Balaban J connectivity index is 0.000000742. The molecule has 1 aliphatic rings. The molecule has 0 aromatic heterocycles. The summed E-state index contributed by atoms with van der Waals surface area (Å²) >= 11 is 1.63. The van der Waals surface area contributed by atoms with E-state index in [-0.39, 0.29) is 37.5 Å². The fraction of sp³-hybridized carbons (Fsp3) is 0.467. The molecule has 0 radical (unpaired) electrons. The molecular weight excluding hydrogens is 817 g/mol. The fourth-order valence-corrected chi connectivity index (χ4v) is 8.01. The molecule has 0 saturated carbocycles. The lowest BCUT2D eigenvalue weighted by atomic mass is 10.0. The van der Waals surface area contributed by atoms with Crippen LogP contribution in [0.15, 0.2) is 64.4 Å². The summed E-state index contributed by atoms with van der Waals surface area (Å²) in [7, 11) is 1.88. The first-order chi connectivity index (χ1) is 29.4. The molecule has 8 N–H and O–H groups in total. The van der Waals surface area contributed by atoms with Crippen molar-refractivity contribution in [2.24, 2.45) is 11.7 Å². The molecule has 0 spiro atoms. The minimum absolute atomic E-state index is 0.0138. The lowest BCUT2D eigenvalue weighted by Gasteiger charge is -2.36. The molecule has 0 bridgehead atoms. The largest absolute Gasteiger partial charge is 0.481 e. The number of hydrogen-bond donors (Lipinski definition) is 7. The van der Waals surface area contributed by atoms with Gasteiger partial charge in [-0.2, -0.15) is 0 Å². The summed E-state index contributed by atoms with van der Waals surface area (Å²) in [6.45, 7) is 9.84. The van der Waals surface area contributed by atoms with Crippen molar-refractivity contribution < 1.29 is 49.2 Å². The molecule has 0 aliphatic carbocycles. The van der Waals surface area contributed by atoms with Crippen LogP contribution in [0.25, 0.3) is 0 Å². The highest BCUT2D eigenvalue weighted by atomic mass is 32.2. The minimum atomic E-state index is -0.877. The predicted molar refractivity (Wildman–Crippen MR) is 242 cm³/mol. The van der Waals surface area contributed by atoms with E-state index in [9.17, 15) is 49.2 Å². The Morgan fingerprint density at radius 1 is 0.742 bits per heavy atom. The fourth-order valence-electron chi connectivity index (χ4n) is 6.79. The molecule has 338 valence electrons. The molecule has 16 nitrogen and oxygen atoms in total. The summed E-state index contributed by atoms with van der Waals surface area (Å²) in [4.78, 5) is 74.9. The van der Waals surface area contributed by atoms with Crippen LogP contribution in [0.1, 0.15) is 83.3 Å². The zero-order valence-corrected chi connectivity index (χ0v) is 37.1. The van der Waals surface area contributed by atoms with Gasteiger partial charge in [0, 0.05) is 92.3 Å². The van der Waals surface area contributed by atoms with Crippen molar-refractivity contribution in [3.05, 3.63) is 65.7 Å². The van der Waals surface area contributed by atoms with Crippen LogP contribution in [0.4, 0.5) is 28.4 Å². The average molecular weight is 879 g/mol. The number of aliphatic carboxylic acids is 4. The van der Waals surface area contributed by atoms with Gasteiger partial charge in [-0.05, 0) is 99.0 Å². The molecule has 3 aromatic rings. The molecule has 17 heteroatoms. The predicted octanol–water partition coefficient (Wildman–Crippen LogP) is 6.58. The molecule has 2 unspecified atom stereocenters. The van der Waals surface area contributed by atoms with Crippen molar-refractivity contribution >= 4 is 76.3 Å². The lowest BCUT2D eigenvalue weighted by Crippen LogP contribution is -2.47. The number of nitrogens with zero attached hydrogens (tertiary/aromatic N) is 3. The van der Waals surface area contributed by atoms with Crippen LogP contribution >= 0.6 is 11.8 Å². The zero-order valence-electron chi connectivity index (χ0n) is 36.3. The summed E-state index contributed by atoms with van der Waals surface area (Å²) in [5, 5.41) is 42.7. The Kier molecular flexibility index (Phi) is 20.5. The van der Waals surface area contributed by atoms with Gasteiger partial charge >= 0.3 is 23.9 Å². The van der Waals surface area contributed by atoms with E-state index in [0.717, 1.165) is 49.4 Å². The van der Waals surface area contributed by atoms with Crippen molar-refractivity contribution in [3.8, 4) is 0 Å². The van der Waals surface area contributed by atoms with E-state index in [2.05, 4.69) is 55.7 Å². The first kappa shape index (κ1) is 50.5. The zero-order chi connectivity index (χ0) is 45.9. The molecule has 0 saturated heterocycles. The number of carboxylic acid groups (broad SMARTS) is 4. The standard InChI is InChI=1S/C37H46N4O8S.C8H16N2O2/c1-25-29(40(21-5-9-35(46)47)22-6-10-36(48)49)17-18-31-37(25)50-32-23-28(39(19-3-7-33(42)43)20-4-8-34(44)45)15-16-30(32)41(31)24-26-11-13-27(38-2)14-12-26;1-5(2)7(9)8(12)10-6(3)4-11/h11-18,23,38H,3-10,19-22,24H2,1-2H3,(H,42,43)(H,44,45)(H,46,47)(H,48,49);4-7H,9H2,1-3H3,(H,10,12). The number of rotatable bonds is 25. The average Bonchev–Trinajstić information content (AvgIpc) is 3.22. The first-order valence-electron chi connectivity index (χ1n) is 20.8. The monoisotopic (exact) mass is 878 g/mol. The molecule has 4 rings (SSSR count). The number of fused-ring (bicyclic) bond motifs is 2. The molecular formula is C45H62N6O10S. The number of carboxylic acids is 4. The van der Waals surface area contributed by atoms with Gasteiger partial charge < -0.3 is 56.3 Å². The van der Waals surface area contributed by atoms with Gasteiger partial charge in [0.1, 0.15) is 6.29 Å². The number of amides is 1. The summed E-state index contributed by atoms with van der Waals surface area (Å²) in [5.41, 5.74) is 12.5.